The average molecular weight is 854 g/mol. The van der Waals surface area contributed by atoms with Gasteiger partial charge in [-0.2, -0.15) is 12.6 Å². The maximum atomic E-state index is 14.9. The zero-order valence-electron chi connectivity index (χ0n) is 38.3. The minimum atomic E-state index is -0.968. The van der Waals surface area contributed by atoms with Crippen molar-refractivity contribution >= 4 is 42.2 Å². The highest BCUT2D eigenvalue weighted by Crippen LogP contribution is 2.45. The highest BCUT2D eigenvalue weighted by Gasteiger charge is 2.48. The molecular formula is C48H79N5O6S. The summed E-state index contributed by atoms with van der Waals surface area (Å²) in [5.41, 5.74) is 0.703. The number of carbonyl (C=O) groups excluding carboxylic acids is 5. The minimum Gasteiger partial charge on any atom is -0.500 e. The maximum absolute atomic E-state index is 14.9. The minimum absolute atomic E-state index is 0.0355. The summed E-state index contributed by atoms with van der Waals surface area (Å²) in [6, 6.07) is -2.42. The van der Waals surface area contributed by atoms with Crippen LogP contribution in [-0.2, 0) is 24.0 Å². The van der Waals surface area contributed by atoms with Gasteiger partial charge in [-0.1, -0.05) is 125 Å². The number of aliphatic hydroxyl groups excluding tert-OH is 1. The molecule has 4 amide bonds. The molecule has 2 aliphatic carbocycles. The van der Waals surface area contributed by atoms with Gasteiger partial charge in [-0.15, -0.1) is 0 Å². The number of nitrogens with zero attached hydrogens (tertiary/aromatic N) is 3. The van der Waals surface area contributed by atoms with Gasteiger partial charge in [0.1, 0.15) is 12.1 Å². The number of carbonyl (C=O) groups is 4. The van der Waals surface area contributed by atoms with Crippen molar-refractivity contribution in [3.05, 3.63) is 42.7 Å². The Morgan fingerprint density at radius 3 is 2.02 bits per heavy atom. The molecule has 11 nitrogen and oxygen atoms in total. The molecule has 1 heterocycles. The van der Waals surface area contributed by atoms with Crippen LogP contribution in [0.1, 0.15) is 119 Å². The van der Waals surface area contributed by atoms with E-state index in [4.69, 9.17) is 0 Å². The average Bonchev–Trinajstić information content (AvgIpc) is 3.65. The normalized spacial score (nSPS) is 21.4. The van der Waals surface area contributed by atoms with Crippen LogP contribution in [0.2, 0.25) is 0 Å². The molecule has 1 saturated heterocycles. The molecule has 3 fully saturated rings. The van der Waals surface area contributed by atoms with Crippen molar-refractivity contribution < 1.29 is 29.1 Å². The summed E-state index contributed by atoms with van der Waals surface area (Å²) in [6.07, 6.45) is 14.0. The van der Waals surface area contributed by atoms with E-state index in [9.17, 15) is 29.1 Å². The quantitative estimate of drug-likeness (QED) is 0.0331. The van der Waals surface area contributed by atoms with Crippen molar-refractivity contribution in [2.75, 3.05) is 32.9 Å². The Morgan fingerprint density at radius 1 is 0.900 bits per heavy atom. The van der Waals surface area contributed by atoms with Gasteiger partial charge in [0.25, 0.3) is 0 Å². The SMILES string of the molecule is C=C/C=C(\C=C)C[C@H](NC(=O)[C@H](C)C(C1CCC1)[C@@H]1CCCN1C(=O)CC(C1CCC1)[C@H]([C@@H](C)CC)N(C)C(=O)[C@@H](NC(=O)C(C(C)C)N(C)CCS)C(C)C)C(O)=C=O. The van der Waals surface area contributed by atoms with Crippen LogP contribution < -0.4 is 10.6 Å². The van der Waals surface area contributed by atoms with E-state index in [1.807, 2.05) is 63.4 Å². The molecule has 0 bridgehead atoms. The number of aliphatic hydroxyl groups is 1. The number of nitrogens with one attached hydrogen (secondary N) is 2. The Hall–Kier alpha value is -3.34. The van der Waals surface area contributed by atoms with Crippen molar-refractivity contribution in [1.29, 1.82) is 0 Å². The lowest BCUT2D eigenvalue weighted by Gasteiger charge is -2.47. The van der Waals surface area contributed by atoms with E-state index in [2.05, 4.69) is 50.3 Å². The molecule has 60 heavy (non-hydrogen) atoms. The number of hydrogen-bond donors (Lipinski definition) is 4. The third-order valence-corrected chi connectivity index (χ3v) is 14.4. The summed E-state index contributed by atoms with van der Waals surface area (Å²) < 4.78 is 0. The van der Waals surface area contributed by atoms with Gasteiger partial charge in [0.2, 0.25) is 23.6 Å². The molecule has 2 saturated carbocycles. The second kappa shape index (κ2) is 24.3. The molecule has 12 heteroatoms. The summed E-state index contributed by atoms with van der Waals surface area (Å²) in [6.45, 7) is 23.0. The number of hydrogen-bond acceptors (Lipinski definition) is 8. The Bertz CT molecular complexity index is 1550. The molecule has 3 rings (SSSR count). The van der Waals surface area contributed by atoms with Crippen molar-refractivity contribution in [2.45, 2.75) is 149 Å². The summed E-state index contributed by atoms with van der Waals surface area (Å²) in [5, 5.41) is 16.6. The molecule has 3 aliphatic rings. The van der Waals surface area contributed by atoms with E-state index in [0.717, 1.165) is 57.8 Å². The molecular weight excluding hydrogens is 775 g/mol. The maximum Gasteiger partial charge on any atom is 0.245 e. The van der Waals surface area contributed by atoms with Crippen molar-refractivity contribution in [1.82, 2.24) is 25.3 Å². The zero-order chi connectivity index (χ0) is 44.8. The van der Waals surface area contributed by atoms with Crippen molar-refractivity contribution in [3.8, 4) is 0 Å². The van der Waals surface area contributed by atoms with E-state index in [1.54, 1.807) is 24.2 Å². The molecule has 0 aromatic rings. The number of thiol groups is 1. The Kier molecular flexibility index (Phi) is 20.7. The fourth-order valence-corrected chi connectivity index (χ4v) is 10.6. The van der Waals surface area contributed by atoms with Crippen LogP contribution in [-0.4, -0.2) is 113 Å². The predicted octanol–water partition coefficient (Wildman–Crippen LogP) is 7.18. The molecule has 3 unspecified atom stereocenters. The first-order valence-electron chi connectivity index (χ1n) is 22.8. The second-order valence-electron chi connectivity index (χ2n) is 18.8. The van der Waals surface area contributed by atoms with Gasteiger partial charge in [-0.05, 0) is 66.9 Å². The van der Waals surface area contributed by atoms with Gasteiger partial charge in [0.15, 0.2) is 11.7 Å². The Labute approximate surface area is 367 Å². The van der Waals surface area contributed by atoms with Crippen LogP contribution in [0.4, 0.5) is 0 Å². The van der Waals surface area contributed by atoms with Crippen molar-refractivity contribution in [2.24, 2.45) is 47.3 Å². The van der Waals surface area contributed by atoms with Crippen LogP contribution in [0.25, 0.3) is 0 Å². The Balaban J connectivity index is 1.91. The third-order valence-electron chi connectivity index (χ3n) is 14.2. The van der Waals surface area contributed by atoms with Gasteiger partial charge in [-0.25, -0.2) is 4.79 Å². The number of allylic oxidation sites excluding steroid dienone is 3. The summed E-state index contributed by atoms with van der Waals surface area (Å²) >= 11 is 4.39. The van der Waals surface area contributed by atoms with Crippen LogP contribution in [0, 0.1) is 47.3 Å². The highest BCUT2D eigenvalue weighted by atomic mass is 32.1. The van der Waals surface area contributed by atoms with Gasteiger partial charge in [0, 0.05) is 56.7 Å². The molecule has 0 aromatic carbocycles. The van der Waals surface area contributed by atoms with E-state index in [1.165, 1.54) is 0 Å². The molecule has 1 aliphatic heterocycles. The molecule has 0 spiro atoms. The Morgan fingerprint density at radius 2 is 1.53 bits per heavy atom. The summed E-state index contributed by atoms with van der Waals surface area (Å²) in [4.78, 5) is 75.0. The lowest BCUT2D eigenvalue weighted by atomic mass is 9.66. The van der Waals surface area contributed by atoms with Crippen LogP contribution in [0.5, 0.6) is 0 Å². The smallest absolute Gasteiger partial charge is 0.245 e. The first-order valence-corrected chi connectivity index (χ1v) is 23.5. The highest BCUT2D eigenvalue weighted by molar-refractivity contribution is 7.80. The summed E-state index contributed by atoms with van der Waals surface area (Å²) in [7, 11) is 3.79. The fraction of sp³-hybridized carbons (Fsp3) is 0.750. The fourth-order valence-electron chi connectivity index (χ4n) is 10.3. The molecule has 0 aromatic heterocycles. The van der Waals surface area contributed by atoms with Gasteiger partial charge >= 0.3 is 0 Å². The zero-order valence-corrected chi connectivity index (χ0v) is 39.2. The molecule has 338 valence electrons. The van der Waals surface area contributed by atoms with Gasteiger partial charge in [0.05, 0.1) is 6.04 Å². The largest absolute Gasteiger partial charge is 0.500 e. The van der Waals surface area contributed by atoms with E-state index in [0.29, 0.717) is 36.8 Å². The number of rotatable bonds is 25. The standard InChI is InChI=1S/C48H79N5O6S/c1-12-18-34(14-3)27-38(40(55)29-54)49-46(57)33(9)42(36-21-16-22-36)39-23-17-24-53(39)41(56)28-37(35-19-15-20-35)45(32(8)13-2)52(11)48(59)43(30(4)5)50-47(58)44(31(6)7)51(10)25-26-60/h12,14,18,30-33,35-39,42-45,55,60H,1,3,13,15-17,19-28H2,2,4-11H3,(H,49,57)(H,50,58)/b34-18+/t32-,33+,37?,38-,39-,42?,43-,44?,45-/m0/s1. The topological polar surface area (TPSA) is 139 Å². The predicted molar refractivity (Wildman–Crippen MR) is 245 cm³/mol. The third kappa shape index (κ3) is 12.9. The van der Waals surface area contributed by atoms with Crippen LogP contribution >= 0.6 is 12.6 Å². The summed E-state index contributed by atoms with van der Waals surface area (Å²) in [5.74, 6) is 1.04. The first-order chi connectivity index (χ1) is 28.5. The van der Waals surface area contributed by atoms with E-state index < -0.39 is 29.8 Å². The van der Waals surface area contributed by atoms with Crippen LogP contribution in [0.15, 0.2) is 42.7 Å². The number of likely N-dealkylation sites (N-methyl/N-ethyl adjacent to an activating group) is 2. The van der Waals surface area contributed by atoms with Gasteiger partial charge in [-0.3, -0.25) is 24.1 Å². The second-order valence-corrected chi connectivity index (χ2v) is 19.2. The lowest BCUT2D eigenvalue weighted by molar-refractivity contribution is -0.145. The molecule has 3 N–H and O–H groups in total. The molecule has 0 radical (unpaired) electrons. The number of likely N-dealkylation sites (tertiary alicyclic amines) is 1. The lowest BCUT2D eigenvalue weighted by Crippen LogP contribution is -2.59. The van der Waals surface area contributed by atoms with E-state index in [-0.39, 0.29) is 77.6 Å². The van der Waals surface area contributed by atoms with Crippen molar-refractivity contribution in [3.63, 3.8) is 0 Å². The van der Waals surface area contributed by atoms with E-state index >= 15 is 0 Å². The molecule has 9 atom stereocenters. The monoisotopic (exact) mass is 854 g/mol. The first kappa shape index (κ1) is 51.0. The van der Waals surface area contributed by atoms with Crippen LogP contribution in [0.3, 0.4) is 0 Å². The van der Waals surface area contributed by atoms with Gasteiger partial charge < -0.3 is 25.5 Å². The number of amides is 4.